The SMILES string of the molecule is CC(CO)=NO.CC=NO. The smallest absolute Gasteiger partial charge is 0.0844 e. The van der Waals surface area contributed by atoms with E-state index in [4.69, 9.17) is 15.5 Å². The zero-order valence-corrected chi connectivity index (χ0v) is 6.02. The van der Waals surface area contributed by atoms with Crippen LogP contribution in [0, 0.1) is 0 Å². The van der Waals surface area contributed by atoms with E-state index in [9.17, 15) is 0 Å². The summed E-state index contributed by atoms with van der Waals surface area (Å²) in [6.45, 7) is 3.00. The average Bonchev–Trinajstić information content (AvgIpc) is 2.03. The molecule has 5 nitrogen and oxygen atoms in total. The van der Waals surface area contributed by atoms with E-state index in [-0.39, 0.29) is 6.61 Å². The number of nitrogens with zero attached hydrogens (tertiary/aromatic N) is 2. The number of aliphatic hydroxyl groups is 1. The number of oxime groups is 2. The van der Waals surface area contributed by atoms with E-state index in [2.05, 4.69) is 10.3 Å². The van der Waals surface area contributed by atoms with Gasteiger partial charge in [0.1, 0.15) is 0 Å². The maximum Gasteiger partial charge on any atom is 0.0844 e. The van der Waals surface area contributed by atoms with Crippen LogP contribution in [0.15, 0.2) is 10.3 Å². The van der Waals surface area contributed by atoms with Gasteiger partial charge >= 0.3 is 0 Å². The van der Waals surface area contributed by atoms with Crippen molar-refractivity contribution >= 4 is 11.9 Å². The van der Waals surface area contributed by atoms with Crippen molar-refractivity contribution in [2.45, 2.75) is 13.8 Å². The summed E-state index contributed by atoms with van der Waals surface area (Å²) in [5.74, 6) is 0. The fourth-order valence-electron chi connectivity index (χ4n) is 0.0316. The van der Waals surface area contributed by atoms with Crippen LogP contribution in [-0.4, -0.2) is 34.1 Å². The number of hydrogen-bond acceptors (Lipinski definition) is 5. The van der Waals surface area contributed by atoms with Crippen molar-refractivity contribution in [3.8, 4) is 0 Å². The van der Waals surface area contributed by atoms with Gasteiger partial charge in [0.2, 0.25) is 0 Å². The van der Waals surface area contributed by atoms with Crippen LogP contribution in [0.4, 0.5) is 0 Å². The molecular formula is C5H12N2O3. The summed E-state index contributed by atoms with van der Waals surface area (Å²) in [4.78, 5) is 0. The molecule has 0 unspecified atom stereocenters. The lowest BCUT2D eigenvalue weighted by Crippen LogP contribution is -1.95. The van der Waals surface area contributed by atoms with Crippen molar-refractivity contribution in [1.29, 1.82) is 0 Å². The fraction of sp³-hybridized carbons (Fsp3) is 0.600. The Balaban J connectivity index is 0. The Morgan fingerprint density at radius 2 is 1.90 bits per heavy atom. The Hall–Kier alpha value is -1.10. The van der Waals surface area contributed by atoms with E-state index in [0.717, 1.165) is 0 Å². The summed E-state index contributed by atoms with van der Waals surface area (Å²) in [7, 11) is 0. The third kappa shape index (κ3) is 15.8. The molecule has 0 spiro atoms. The number of aliphatic hydroxyl groups excluding tert-OH is 1. The molecule has 0 aliphatic heterocycles. The Bertz CT molecular complexity index is 107. The van der Waals surface area contributed by atoms with Gasteiger partial charge in [0.15, 0.2) is 0 Å². The summed E-state index contributed by atoms with van der Waals surface area (Å²) in [5, 5.41) is 28.5. The maximum atomic E-state index is 8.04. The Morgan fingerprint density at radius 3 is 1.90 bits per heavy atom. The lowest BCUT2D eigenvalue weighted by molar-refractivity contribution is 0.302. The maximum absolute atomic E-state index is 8.04. The lowest BCUT2D eigenvalue weighted by atomic mass is 10.5. The van der Waals surface area contributed by atoms with E-state index < -0.39 is 0 Å². The second-order valence-corrected chi connectivity index (χ2v) is 1.37. The third-order valence-corrected chi connectivity index (χ3v) is 0.515. The number of hydrogen-bond donors (Lipinski definition) is 3. The van der Waals surface area contributed by atoms with Crippen LogP contribution in [0.3, 0.4) is 0 Å². The summed E-state index contributed by atoms with van der Waals surface area (Å²) in [6, 6.07) is 0. The van der Waals surface area contributed by atoms with Crippen molar-refractivity contribution in [2.75, 3.05) is 6.61 Å². The van der Waals surface area contributed by atoms with Gasteiger partial charge in [-0.2, -0.15) is 0 Å². The van der Waals surface area contributed by atoms with Gasteiger partial charge in [0.25, 0.3) is 0 Å². The van der Waals surface area contributed by atoms with Crippen LogP contribution >= 0.6 is 0 Å². The predicted octanol–water partition coefficient (Wildman–Crippen LogP) is 0.295. The molecule has 0 saturated heterocycles. The predicted molar refractivity (Wildman–Crippen MR) is 37.9 cm³/mol. The van der Waals surface area contributed by atoms with Gasteiger partial charge < -0.3 is 15.5 Å². The first-order valence-electron chi connectivity index (χ1n) is 2.63. The van der Waals surface area contributed by atoms with Crippen LogP contribution in [0.25, 0.3) is 0 Å². The van der Waals surface area contributed by atoms with Crippen molar-refractivity contribution in [1.82, 2.24) is 0 Å². The van der Waals surface area contributed by atoms with Gasteiger partial charge in [-0.15, -0.1) is 5.16 Å². The van der Waals surface area contributed by atoms with Crippen LogP contribution in [0.1, 0.15) is 13.8 Å². The molecule has 0 aromatic carbocycles. The van der Waals surface area contributed by atoms with E-state index >= 15 is 0 Å². The van der Waals surface area contributed by atoms with Crippen LogP contribution in [0.5, 0.6) is 0 Å². The molecule has 0 rings (SSSR count). The van der Waals surface area contributed by atoms with Gasteiger partial charge in [-0.3, -0.25) is 0 Å². The first-order valence-corrected chi connectivity index (χ1v) is 2.63. The quantitative estimate of drug-likeness (QED) is 0.284. The topological polar surface area (TPSA) is 85.4 Å². The van der Waals surface area contributed by atoms with Crippen LogP contribution in [0.2, 0.25) is 0 Å². The standard InChI is InChI=1S/C3H7NO2.C2H5NO/c1-3(2-5)4-6;1-2-3-4/h5-6H,2H2,1H3;2,4H,1H3. The van der Waals surface area contributed by atoms with Crippen molar-refractivity contribution in [3.05, 3.63) is 0 Å². The van der Waals surface area contributed by atoms with Gasteiger partial charge in [-0.25, -0.2) is 0 Å². The molecule has 0 bridgehead atoms. The zero-order valence-electron chi connectivity index (χ0n) is 6.02. The third-order valence-electron chi connectivity index (χ3n) is 0.515. The minimum atomic E-state index is -0.170. The van der Waals surface area contributed by atoms with Gasteiger partial charge in [0.05, 0.1) is 12.3 Å². The monoisotopic (exact) mass is 148 g/mol. The van der Waals surface area contributed by atoms with E-state index in [1.807, 2.05) is 0 Å². The van der Waals surface area contributed by atoms with E-state index in [1.54, 1.807) is 6.92 Å². The molecule has 0 amide bonds. The number of rotatable bonds is 1. The molecule has 0 radical (unpaired) electrons. The molecule has 0 aliphatic rings. The molecule has 3 N–H and O–H groups in total. The Labute approximate surface area is 59.3 Å². The fourth-order valence-corrected chi connectivity index (χ4v) is 0.0316. The molecule has 0 saturated carbocycles. The second kappa shape index (κ2) is 10.8. The van der Waals surface area contributed by atoms with Crippen LogP contribution < -0.4 is 0 Å². The summed E-state index contributed by atoms with van der Waals surface area (Å²) < 4.78 is 0. The highest BCUT2D eigenvalue weighted by Crippen LogP contribution is 1.66. The molecule has 0 fully saturated rings. The Kier molecular flexibility index (Phi) is 12.6. The molecule has 10 heavy (non-hydrogen) atoms. The summed E-state index contributed by atoms with van der Waals surface area (Å²) in [6.07, 6.45) is 1.31. The van der Waals surface area contributed by atoms with Crippen molar-refractivity contribution in [3.63, 3.8) is 0 Å². The van der Waals surface area contributed by atoms with Crippen LogP contribution in [-0.2, 0) is 0 Å². The molecule has 0 heterocycles. The highest BCUT2D eigenvalue weighted by atomic mass is 16.4. The van der Waals surface area contributed by atoms with Gasteiger partial charge in [-0.05, 0) is 13.8 Å². The largest absolute Gasteiger partial charge is 0.411 e. The van der Waals surface area contributed by atoms with Crippen molar-refractivity contribution < 1.29 is 15.5 Å². The molecule has 5 heteroatoms. The highest BCUT2D eigenvalue weighted by Gasteiger charge is 1.79. The molecular weight excluding hydrogens is 136 g/mol. The highest BCUT2D eigenvalue weighted by molar-refractivity contribution is 5.82. The van der Waals surface area contributed by atoms with E-state index in [0.29, 0.717) is 5.71 Å². The molecule has 60 valence electrons. The molecule has 0 aromatic heterocycles. The summed E-state index contributed by atoms with van der Waals surface area (Å²) >= 11 is 0. The van der Waals surface area contributed by atoms with E-state index in [1.165, 1.54) is 13.1 Å². The molecule has 0 atom stereocenters. The normalized spacial score (nSPS) is 10.9. The minimum absolute atomic E-state index is 0.170. The minimum Gasteiger partial charge on any atom is -0.411 e. The molecule has 0 aliphatic carbocycles. The first-order chi connectivity index (χ1) is 4.72. The lowest BCUT2D eigenvalue weighted by Gasteiger charge is -1.81. The zero-order chi connectivity index (χ0) is 8.41. The Morgan fingerprint density at radius 1 is 1.50 bits per heavy atom. The second-order valence-electron chi connectivity index (χ2n) is 1.37. The average molecular weight is 148 g/mol. The van der Waals surface area contributed by atoms with Gasteiger partial charge in [0, 0.05) is 6.21 Å². The van der Waals surface area contributed by atoms with Crippen molar-refractivity contribution in [2.24, 2.45) is 10.3 Å². The van der Waals surface area contributed by atoms with Gasteiger partial charge in [-0.1, -0.05) is 5.16 Å². The first kappa shape index (κ1) is 11.7. The summed E-state index contributed by atoms with van der Waals surface area (Å²) in [5.41, 5.74) is 0.329. The molecule has 0 aromatic rings.